The summed E-state index contributed by atoms with van der Waals surface area (Å²) in [5, 5.41) is 9.95. The van der Waals surface area contributed by atoms with Crippen LogP contribution in [0.15, 0.2) is 23.1 Å². The van der Waals surface area contributed by atoms with E-state index in [1.54, 1.807) is 0 Å². The first-order chi connectivity index (χ1) is 9.34. The highest BCUT2D eigenvalue weighted by molar-refractivity contribution is 7.89. The third-order valence-corrected chi connectivity index (χ3v) is 5.69. The van der Waals surface area contributed by atoms with Gasteiger partial charge in [0.05, 0.1) is 22.7 Å². The van der Waals surface area contributed by atoms with E-state index in [1.165, 1.54) is 19.2 Å². The molecule has 7 heteroatoms. The Balaban J connectivity index is 2.31. The SMILES string of the molecule is CN(C1CCCCC1O)S(=O)(=O)c1ccc(N)c(F)c1. The Bertz CT molecular complexity index is 591. The van der Waals surface area contributed by atoms with E-state index in [-0.39, 0.29) is 10.6 Å². The summed E-state index contributed by atoms with van der Waals surface area (Å²) in [6.45, 7) is 0. The smallest absolute Gasteiger partial charge is 0.243 e. The quantitative estimate of drug-likeness (QED) is 0.825. The van der Waals surface area contributed by atoms with Crippen molar-refractivity contribution in [2.45, 2.75) is 42.7 Å². The van der Waals surface area contributed by atoms with Crippen LogP contribution in [0.25, 0.3) is 0 Å². The number of benzene rings is 1. The van der Waals surface area contributed by atoms with Crippen molar-refractivity contribution in [2.24, 2.45) is 0 Å². The number of halogens is 1. The third-order valence-electron chi connectivity index (χ3n) is 3.81. The lowest BCUT2D eigenvalue weighted by Gasteiger charge is -2.34. The van der Waals surface area contributed by atoms with E-state index in [4.69, 9.17) is 5.73 Å². The standard InChI is InChI=1S/C13H19FN2O3S/c1-16(12-4-2-3-5-13(12)17)20(18,19)9-6-7-11(15)10(14)8-9/h6-8,12-13,17H,2-5,15H2,1H3. The summed E-state index contributed by atoms with van der Waals surface area (Å²) in [5.41, 5.74) is 5.26. The molecule has 0 aromatic heterocycles. The third kappa shape index (κ3) is 2.79. The van der Waals surface area contributed by atoms with Gasteiger partial charge in [-0.05, 0) is 31.0 Å². The van der Waals surface area contributed by atoms with Crippen molar-refractivity contribution in [3.8, 4) is 0 Å². The van der Waals surface area contributed by atoms with E-state index >= 15 is 0 Å². The van der Waals surface area contributed by atoms with E-state index in [0.29, 0.717) is 12.8 Å². The molecule has 1 fully saturated rings. The number of hydrogen-bond donors (Lipinski definition) is 2. The minimum atomic E-state index is -3.83. The van der Waals surface area contributed by atoms with Gasteiger partial charge in [-0.3, -0.25) is 0 Å². The minimum absolute atomic E-state index is 0.0932. The molecule has 0 saturated heterocycles. The molecule has 5 nitrogen and oxygen atoms in total. The van der Waals surface area contributed by atoms with Crippen molar-refractivity contribution in [1.82, 2.24) is 4.31 Å². The lowest BCUT2D eigenvalue weighted by Crippen LogP contribution is -2.46. The van der Waals surface area contributed by atoms with Gasteiger partial charge in [0.1, 0.15) is 5.82 Å². The molecule has 0 spiro atoms. The summed E-state index contributed by atoms with van der Waals surface area (Å²) in [4.78, 5) is -0.149. The van der Waals surface area contributed by atoms with Gasteiger partial charge in [0, 0.05) is 7.05 Å². The Kier molecular flexibility index (Phi) is 4.31. The van der Waals surface area contributed by atoms with E-state index < -0.39 is 28.0 Å². The van der Waals surface area contributed by atoms with Crippen LogP contribution in [0.2, 0.25) is 0 Å². The summed E-state index contributed by atoms with van der Waals surface area (Å²) >= 11 is 0. The molecule has 1 aromatic rings. The number of nitrogens with two attached hydrogens (primary N) is 1. The maximum atomic E-state index is 13.4. The average Bonchev–Trinajstić information content (AvgIpc) is 2.41. The van der Waals surface area contributed by atoms with Crippen molar-refractivity contribution >= 4 is 15.7 Å². The Hall–Kier alpha value is -1.18. The zero-order valence-corrected chi connectivity index (χ0v) is 12.1. The molecule has 3 N–H and O–H groups in total. The fourth-order valence-corrected chi connectivity index (χ4v) is 3.96. The van der Waals surface area contributed by atoms with Crippen LogP contribution in [0, 0.1) is 5.82 Å². The molecular weight excluding hydrogens is 283 g/mol. The molecule has 1 aromatic carbocycles. The monoisotopic (exact) mass is 302 g/mol. The predicted molar refractivity (Wildman–Crippen MR) is 74.0 cm³/mol. The van der Waals surface area contributed by atoms with E-state index in [2.05, 4.69) is 0 Å². The second kappa shape index (κ2) is 5.67. The molecule has 20 heavy (non-hydrogen) atoms. The number of aliphatic hydroxyl groups is 1. The Labute approximate surface area is 118 Å². The van der Waals surface area contributed by atoms with Gasteiger partial charge in [-0.25, -0.2) is 12.8 Å². The van der Waals surface area contributed by atoms with Gasteiger partial charge in [0.25, 0.3) is 0 Å². The molecule has 2 atom stereocenters. The van der Waals surface area contributed by atoms with E-state index in [1.807, 2.05) is 0 Å². The molecule has 0 aliphatic heterocycles. The van der Waals surface area contributed by atoms with Crippen molar-refractivity contribution in [2.75, 3.05) is 12.8 Å². The average molecular weight is 302 g/mol. The van der Waals surface area contributed by atoms with Crippen molar-refractivity contribution in [1.29, 1.82) is 0 Å². The van der Waals surface area contributed by atoms with Crippen LogP contribution in [0.3, 0.4) is 0 Å². The summed E-state index contributed by atoms with van der Waals surface area (Å²) in [6.07, 6.45) is 2.27. The van der Waals surface area contributed by atoms with Crippen LogP contribution >= 0.6 is 0 Å². The highest BCUT2D eigenvalue weighted by Crippen LogP contribution is 2.27. The summed E-state index contributed by atoms with van der Waals surface area (Å²) in [6, 6.07) is 2.96. The predicted octanol–water partition coefficient (Wildman–Crippen LogP) is 1.33. The number of aliphatic hydroxyl groups excluding tert-OH is 1. The molecule has 1 aliphatic carbocycles. The highest BCUT2D eigenvalue weighted by Gasteiger charge is 2.34. The number of sulfonamides is 1. The Morgan fingerprint density at radius 3 is 2.60 bits per heavy atom. The first-order valence-corrected chi connectivity index (χ1v) is 7.99. The Morgan fingerprint density at radius 2 is 2.00 bits per heavy atom. The zero-order chi connectivity index (χ0) is 14.9. The summed E-state index contributed by atoms with van der Waals surface area (Å²) in [7, 11) is -2.41. The molecule has 0 bridgehead atoms. The van der Waals surface area contributed by atoms with E-state index in [0.717, 1.165) is 23.2 Å². The number of anilines is 1. The van der Waals surface area contributed by atoms with Crippen LogP contribution in [-0.4, -0.2) is 37.0 Å². The van der Waals surface area contributed by atoms with Crippen LogP contribution in [-0.2, 0) is 10.0 Å². The highest BCUT2D eigenvalue weighted by atomic mass is 32.2. The largest absolute Gasteiger partial charge is 0.396 e. The molecule has 1 aliphatic rings. The van der Waals surface area contributed by atoms with Crippen LogP contribution < -0.4 is 5.73 Å². The zero-order valence-electron chi connectivity index (χ0n) is 11.3. The first kappa shape index (κ1) is 15.2. The topological polar surface area (TPSA) is 83.6 Å². The second-order valence-electron chi connectivity index (χ2n) is 5.12. The number of hydrogen-bond acceptors (Lipinski definition) is 4. The van der Waals surface area contributed by atoms with Gasteiger partial charge in [-0.2, -0.15) is 4.31 Å². The molecule has 0 radical (unpaired) electrons. The second-order valence-corrected chi connectivity index (χ2v) is 7.12. The fourth-order valence-electron chi connectivity index (χ4n) is 2.53. The molecule has 1 saturated carbocycles. The van der Waals surface area contributed by atoms with Crippen molar-refractivity contribution < 1.29 is 17.9 Å². The molecule has 0 amide bonds. The molecule has 2 unspecified atom stereocenters. The lowest BCUT2D eigenvalue weighted by atomic mass is 9.93. The van der Waals surface area contributed by atoms with Crippen LogP contribution in [0.5, 0.6) is 0 Å². The maximum Gasteiger partial charge on any atom is 0.243 e. The molecule has 2 rings (SSSR count). The van der Waals surface area contributed by atoms with Gasteiger partial charge < -0.3 is 10.8 Å². The number of rotatable bonds is 3. The van der Waals surface area contributed by atoms with Crippen LogP contribution in [0.1, 0.15) is 25.7 Å². The van der Waals surface area contributed by atoms with Gasteiger partial charge in [0.2, 0.25) is 10.0 Å². The number of likely N-dealkylation sites (N-methyl/N-ethyl adjacent to an activating group) is 1. The van der Waals surface area contributed by atoms with Crippen molar-refractivity contribution in [3.63, 3.8) is 0 Å². The summed E-state index contributed by atoms with van der Waals surface area (Å²) < 4.78 is 39.5. The Morgan fingerprint density at radius 1 is 1.35 bits per heavy atom. The first-order valence-electron chi connectivity index (χ1n) is 6.55. The van der Waals surface area contributed by atoms with E-state index in [9.17, 15) is 17.9 Å². The molecule has 0 heterocycles. The van der Waals surface area contributed by atoms with Crippen molar-refractivity contribution in [3.05, 3.63) is 24.0 Å². The van der Waals surface area contributed by atoms with Gasteiger partial charge >= 0.3 is 0 Å². The number of nitrogens with zero attached hydrogens (tertiary/aromatic N) is 1. The minimum Gasteiger partial charge on any atom is -0.396 e. The number of nitrogen functional groups attached to an aromatic ring is 1. The normalized spacial score (nSPS) is 24.0. The molecule has 112 valence electrons. The fraction of sp³-hybridized carbons (Fsp3) is 0.538. The lowest BCUT2D eigenvalue weighted by molar-refractivity contribution is 0.0638. The van der Waals surface area contributed by atoms with Crippen LogP contribution in [0.4, 0.5) is 10.1 Å². The maximum absolute atomic E-state index is 13.4. The van der Waals surface area contributed by atoms with Gasteiger partial charge in [-0.1, -0.05) is 12.8 Å². The van der Waals surface area contributed by atoms with Gasteiger partial charge in [0.15, 0.2) is 0 Å². The molecular formula is C13H19FN2O3S. The van der Waals surface area contributed by atoms with Gasteiger partial charge in [-0.15, -0.1) is 0 Å². The summed E-state index contributed by atoms with van der Waals surface area (Å²) in [5.74, 6) is -0.760.